The van der Waals surface area contributed by atoms with Crippen LogP contribution in [0.15, 0.2) is 182 Å². The second-order valence-corrected chi connectivity index (χ2v) is 16.7. The topological polar surface area (TPSA) is 175 Å². The Bertz CT molecular complexity index is 2360. The summed E-state index contributed by atoms with van der Waals surface area (Å²) in [6, 6.07) is 49.1. The van der Waals surface area contributed by atoms with Crippen LogP contribution in [0.25, 0.3) is 0 Å². The Hall–Kier alpha value is -7.86. The van der Waals surface area contributed by atoms with E-state index >= 15 is 28.8 Å². The fourth-order valence-corrected chi connectivity index (χ4v) is 8.56. The summed E-state index contributed by atoms with van der Waals surface area (Å²) in [4.78, 5) is 96.8. The molecule has 12 nitrogen and oxygen atoms in total. The number of carbonyl (C=O) groups is 6. The molecule has 6 amide bonds. The molecular weight excluding hydrogens is 853 g/mol. The molecule has 0 aliphatic heterocycles. The van der Waals surface area contributed by atoms with E-state index in [1.165, 1.54) is 0 Å². The number of nitrogens with one attached hydrogen (secondary N) is 6. The highest BCUT2D eigenvalue weighted by Crippen LogP contribution is 2.52. The van der Waals surface area contributed by atoms with Crippen LogP contribution in [-0.2, 0) is 28.8 Å². The number of unbranched alkanes of at least 4 members (excludes halogenated alkanes) is 8. The molecule has 0 saturated carbocycles. The number of hydrogen-bond donors (Lipinski definition) is 6. The molecule has 6 aromatic carbocycles. The number of amides is 6. The lowest BCUT2D eigenvalue weighted by Gasteiger charge is -2.47. The maximum absolute atomic E-state index is 16.4. The van der Waals surface area contributed by atoms with Crippen molar-refractivity contribution in [1.82, 2.24) is 0 Å². The summed E-state index contributed by atoms with van der Waals surface area (Å²) in [7, 11) is 0. The first kappa shape index (κ1) is 49.6. The largest absolute Gasteiger partial charge is 0.326 e. The van der Waals surface area contributed by atoms with E-state index in [4.69, 9.17) is 0 Å². The Morgan fingerprint density at radius 3 is 0.882 bits per heavy atom. The SMILES string of the molecule is CCCCCCCCCCCC(C(=O)Nc1ccccc1)C(C(=O)Nc1ccccc1)(C(=O)Nc1ccccc1)C(C(=O)Nc1ccccc1)(C(=O)Nc1ccccc1)C(=O)Nc1ccccc1. The molecule has 68 heavy (non-hydrogen) atoms. The van der Waals surface area contributed by atoms with Gasteiger partial charge in [-0.15, -0.1) is 0 Å². The lowest BCUT2D eigenvalue weighted by Crippen LogP contribution is -2.73. The van der Waals surface area contributed by atoms with E-state index in [2.05, 4.69) is 38.8 Å². The molecule has 12 heteroatoms. The number of rotatable bonds is 24. The van der Waals surface area contributed by atoms with Gasteiger partial charge in [0.2, 0.25) is 23.1 Å². The van der Waals surface area contributed by atoms with Crippen LogP contribution in [0, 0.1) is 16.7 Å². The molecule has 0 heterocycles. The molecule has 0 bridgehead atoms. The first-order chi connectivity index (χ1) is 33.2. The van der Waals surface area contributed by atoms with Gasteiger partial charge >= 0.3 is 0 Å². The molecule has 0 aliphatic carbocycles. The Kier molecular flexibility index (Phi) is 18.3. The van der Waals surface area contributed by atoms with Gasteiger partial charge in [-0.2, -0.15) is 0 Å². The summed E-state index contributed by atoms with van der Waals surface area (Å²) in [5.74, 6) is -9.31. The van der Waals surface area contributed by atoms with Crippen LogP contribution in [0.1, 0.15) is 71.1 Å². The molecule has 6 N–H and O–H groups in total. The molecular formula is C56H60N6O6. The molecule has 0 aromatic heterocycles. The van der Waals surface area contributed by atoms with Gasteiger partial charge in [-0.05, 0) is 79.2 Å². The minimum Gasteiger partial charge on any atom is -0.326 e. The Morgan fingerprint density at radius 1 is 0.338 bits per heavy atom. The van der Waals surface area contributed by atoms with Crippen molar-refractivity contribution in [3.05, 3.63) is 182 Å². The highest BCUT2D eigenvalue weighted by Gasteiger charge is 2.77. The number of anilines is 6. The standard InChI is InChI=1S/C56H60N6O6/c1-2-3-4-5-6-7-8-9-28-41-48(49(63)57-42-29-16-10-17-30-42)55(50(64)58-43-31-18-11-19-32-43,51(65)59-44-33-20-12-21-34-44)56(52(66)60-45-35-22-13-23-36-45,53(67)61-46-37-24-14-25-38-46)54(68)62-47-39-26-15-27-40-47/h10-27,29-40,48H,2-9,28,41H2,1H3,(H,57,63)(H,58,64)(H,59,65)(H,60,66)(H,61,67)(H,62,68). The molecule has 0 radical (unpaired) electrons. The number of hydrogen-bond acceptors (Lipinski definition) is 6. The third-order valence-electron chi connectivity index (χ3n) is 12.0. The van der Waals surface area contributed by atoms with Crippen molar-refractivity contribution in [2.24, 2.45) is 16.7 Å². The van der Waals surface area contributed by atoms with Crippen LogP contribution in [0.5, 0.6) is 0 Å². The van der Waals surface area contributed by atoms with Crippen LogP contribution in [0.4, 0.5) is 34.1 Å². The van der Waals surface area contributed by atoms with Crippen molar-refractivity contribution in [3.63, 3.8) is 0 Å². The Balaban J connectivity index is 1.69. The molecule has 0 saturated heterocycles. The fraction of sp³-hybridized carbons (Fsp3) is 0.250. The molecule has 0 aliphatic rings. The van der Waals surface area contributed by atoms with Crippen LogP contribution in [0.3, 0.4) is 0 Å². The van der Waals surface area contributed by atoms with Crippen LogP contribution >= 0.6 is 0 Å². The molecule has 1 atom stereocenters. The zero-order valence-corrected chi connectivity index (χ0v) is 38.4. The maximum Gasteiger partial charge on any atom is 0.251 e. The maximum atomic E-state index is 16.4. The molecule has 6 rings (SSSR count). The number of benzene rings is 6. The van der Waals surface area contributed by atoms with E-state index in [1.54, 1.807) is 182 Å². The van der Waals surface area contributed by atoms with Crippen LogP contribution in [0.2, 0.25) is 0 Å². The highest BCUT2D eigenvalue weighted by molar-refractivity contribution is 6.39. The van der Waals surface area contributed by atoms with E-state index in [1.807, 2.05) is 0 Å². The number of carbonyl (C=O) groups excluding carboxylic acids is 6. The van der Waals surface area contributed by atoms with Gasteiger partial charge in [0.1, 0.15) is 0 Å². The molecule has 0 fully saturated rings. The highest BCUT2D eigenvalue weighted by atomic mass is 16.2. The average Bonchev–Trinajstić information content (AvgIpc) is 3.35. The molecule has 0 spiro atoms. The minimum absolute atomic E-state index is 0.145. The van der Waals surface area contributed by atoms with Gasteiger partial charge in [0.25, 0.3) is 17.7 Å². The first-order valence-corrected chi connectivity index (χ1v) is 23.4. The van der Waals surface area contributed by atoms with Gasteiger partial charge in [-0.25, -0.2) is 0 Å². The summed E-state index contributed by atoms with van der Waals surface area (Å²) < 4.78 is 0. The monoisotopic (exact) mass is 912 g/mol. The average molecular weight is 913 g/mol. The van der Waals surface area contributed by atoms with Crippen molar-refractivity contribution in [2.75, 3.05) is 31.9 Å². The van der Waals surface area contributed by atoms with Crippen LogP contribution in [-0.4, -0.2) is 35.4 Å². The van der Waals surface area contributed by atoms with E-state index in [-0.39, 0.29) is 41.3 Å². The number of para-hydroxylation sites is 6. The second-order valence-electron chi connectivity index (χ2n) is 16.7. The predicted octanol–water partition coefficient (Wildman–Crippen LogP) is 11.3. The summed E-state index contributed by atoms with van der Waals surface area (Å²) in [5.41, 5.74) is -5.59. The van der Waals surface area contributed by atoms with Gasteiger partial charge in [-0.3, -0.25) is 28.8 Å². The molecule has 6 aromatic rings. The first-order valence-electron chi connectivity index (χ1n) is 23.4. The van der Waals surface area contributed by atoms with E-state index in [0.717, 1.165) is 44.9 Å². The van der Waals surface area contributed by atoms with Gasteiger partial charge in [0, 0.05) is 34.1 Å². The van der Waals surface area contributed by atoms with E-state index in [0.29, 0.717) is 12.1 Å². The van der Waals surface area contributed by atoms with Crippen molar-refractivity contribution < 1.29 is 28.8 Å². The lowest BCUT2D eigenvalue weighted by atomic mass is 9.52. The third kappa shape index (κ3) is 12.3. The second kappa shape index (κ2) is 25.2. The molecule has 350 valence electrons. The third-order valence-corrected chi connectivity index (χ3v) is 12.0. The minimum atomic E-state index is -3.44. The van der Waals surface area contributed by atoms with E-state index in [9.17, 15) is 0 Å². The van der Waals surface area contributed by atoms with Crippen molar-refractivity contribution in [1.29, 1.82) is 0 Å². The van der Waals surface area contributed by atoms with Gasteiger partial charge in [0.15, 0.2) is 5.41 Å². The smallest absolute Gasteiger partial charge is 0.251 e. The fourth-order valence-electron chi connectivity index (χ4n) is 8.56. The normalized spacial score (nSPS) is 11.6. The zero-order chi connectivity index (χ0) is 48.0. The quantitative estimate of drug-likeness (QED) is 0.0260. The Labute approximate surface area is 398 Å². The predicted molar refractivity (Wildman–Crippen MR) is 271 cm³/mol. The van der Waals surface area contributed by atoms with Crippen molar-refractivity contribution >= 4 is 69.6 Å². The van der Waals surface area contributed by atoms with Crippen LogP contribution < -0.4 is 31.9 Å². The Morgan fingerprint density at radius 2 is 0.588 bits per heavy atom. The lowest BCUT2D eigenvalue weighted by molar-refractivity contribution is -0.172. The summed E-state index contributed by atoms with van der Waals surface area (Å²) in [6.45, 7) is 2.17. The summed E-state index contributed by atoms with van der Waals surface area (Å²) in [5, 5.41) is 16.8. The van der Waals surface area contributed by atoms with Gasteiger partial charge < -0.3 is 31.9 Å². The summed E-state index contributed by atoms with van der Waals surface area (Å²) in [6.07, 6.45) is 7.86. The van der Waals surface area contributed by atoms with Gasteiger partial charge in [0.05, 0.1) is 5.92 Å². The zero-order valence-electron chi connectivity index (χ0n) is 38.4. The van der Waals surface area contributed by atoms with Gasteiger partial charge in [-0.1, -0.05) is 174 Å². The van der Waals surface area contributed by atoms with E-state index < -0.39 is 52.2 Å². The van der Waals surface area contributed by atoms with Crippen molar-refractivity contribution in [3.8, 4) is 0 Å². The molecule has 1 unspecified atom stereocenters. The summed E-state index contributed by atoms with van der Waals surface area (Å²) >= 11 is 0. The van der Waals surface area contributed by atoms with Crippen molar-refractivity contribution in [2.45, 2.75) is 71.1 Å².